The van der Waals surface area contributed by atoms with Crippen molar-refractivity contribution in [3.63, 3.8) is 0 Å². The molecule has 1 aromatic heterocycles. The summed E-state index contributed by atoms with van der Waals surface area (Å²) in [5.74, 6) is -2.60. The van der Waals surface area contributed by atoms with Gasteiger partial charge < -0.3 is 15.2 Å². The van der Waals surface area contributed by atoms with Crippen LogP contribution in [-0.2, 0) is 15.7 Å². The highest BCUT2D eigenvalue weighted by molar-refractivity contribution is 6.39. The lowest BCUT2D eigenvalue weighted by Crippen LogP contribution is -2.47. The first-order chi connectivity index (χ1) is 18.7. The van der Waals surface area contributed by atoms with Crippen LogP contribution in [-0.4, -0.2) is 51.3 Å². The van der Waals surface area contributed by atoms with Crippen LogP contribution >= 0.6 is 23.2 Å². The Morgan fingerprint density at radius 1 is 1.20 bits per heavy atom. The number of aromatic nitrogens is 2. The lowest BCUT2D eigenvalue weighted by Gasteiger charge is -2.34. The molecule has 13 heteroatoms. The highest BCUT2D eigenvalue weighted by atomic mass is 35.5. The van der Waals surface area contributed by atoms with E-state index in [1.54, 1.807) is 13.0 Å². The van der Waals surface area contributed by atoms with Crippen molar-refractivity contribution in [3.05, 3.63) is 51.3 Å². The van der Waals surface area contributed by atoms with Gasteiger partial charge in [0.15, 0.2) is 11.5 Å². The highest BCUT2D eigenvalue weighted by Gasteiger charge is 2.45. The molecule has 2 heterocycles. The minimum Gasteiger partial charge on any atom is -0.481 e. The number of alkyl halides is 3. The number of nitrogens with zero attached hydrogens (tertiary/aromatic N) is 2. The maximum absolute atomic E-state index is 14.3. The van der Waals surface area contributed by atoms with Crippen LogP contribution in [0.2, 0.25) is 10.0 Å². The van der Waals surface area contributed by atoms with E-state index in [-0.39, 0.29) is 53.6 Å². The van der Waals surface area contributed by atoms with Crippen molar-refractivity contribution in [1.29, 1.82) is 0 Å². The fraction of sp³-hybridized carbons (Fsp3) is 0.556. The van der Waals surface area contributed by atoms with E-state index in [4.69, 9.17) is 27.9 Å². The van der Waals surface area contributed by atoms with Crippen LogP contribution in [0.1, 0.15) is 84.8 Å². The molecule has 1 aromatic carbocycles. The number of halogens is 5. The van der Waals surface area contributed by atoms with Crippen molar-refractivity contribution in [2.24, 2.45) is 11.3 Å². The zero-order valence-electron chi connectivity index (χ0n) is 21.9. The molecule has 1 saturated heterocycles. The molecule has 2 N–H and O–H groups in total. The molecule has 3 atom stereocenters. The molecular formula is C27H30Cl2F3N3O5. The number of hydrogen-bond acceptors (Lipinski definition) is 5. The fourth-order valence-electron chi connectivity index (χ4n) is 5.58. The molecular weight excluding hydrogens is 574 g/mol. The highest BCUT2D eigenvalue weighted by Crippen LogP contribution is 2.43. The number of hydrogen-bond donors (Lipinski definition) is 2. The van der Waals surface area contributed by atoms with Gasteiger partial charge in [0.2, 0.25) is 0 Å². The molecule has 1 aliphatic carbocycles. The van der Waals surface area contributed by atoms with Crippen LogP contribution in [0.15, 0.2) is 24.4 Å². The number of carboxylic acid groups (broad SMARTS) is 1. The molecule has 1 saturated carbocycles. The zero-order chi connectivity index (χ0) is 29.4. The molecule has 2 aromatic rings. The Hall–Kier alpha value is -2.63. The third-order valence-corrected chi connectivity index (χ3v) is 8.66. The number of carboxylic acids is 1. The van der Waals surface area contributed by atoms with Crippen molar-refractivity contribution in [3.8, 4) is 0 Å². The first-order valence-electron chi connectivity index (χ1n) is 13.0. The molecule has 1 unspecified atom stereocenters. The summed E-state index contributed by atoms with van der Waals surface area (Å²) in [6, 6.07) is 2.89. The topological polar surface area (TPSA) is 111 Å². The number of Topliss-reactive ketones (excluding diaryl/α,β-unsaturated/α-hetero) is 1. The van der Waals surface area contributed by atoms with Gasteiger partial charge in [-0.3, -0.25) is 19.1 Å². The van der Waals surface area contributed by atoms with Gasteiger partial charge in [-0.2, -0.15) is 18.3 Å². The van der Waals surface area contributed by atoms with Crippen molar-refractivity contribution in [2.75, 3.05) is 6.61 Å². The van der Waals surface area contributed by atoms with Crippen molar-refractivity contribution >= 4 is 40.9 Å². The molecule has 1 aliphatic heterocycles. The molecule has 1 amide bonds. The van der Waals surface area contributed by atoms with E-state index in [2.05, 4.69) is 10.4 Å². The van der Waals surface area contributed by atoms with E-state index in [9.17, 15) is 32.7 Å². The van der Waals surface area contributed by atoms with Gasteiger partial charge in [-0.25, -0.2) is 0 Å². The monoisotopic (exact) mass is 603 g/mol. The molecule has 0 spiro atoms. The Morgan fingerprint density at radius 2 is 1.82 bits per heavy atom. The average Bonchev–Trinajstić information content (AvgIpc) is 3.50. The summed E-state index contributed by atoms with van der Waals surface area (Å²) >= 11 is 12.4. The van der Waals surface area contributed by atoms with Crippen molar-refractivity contribution < 1.29 is 37.4 Å². The molecule has 2 fully saturated rings. The third-order valence-electron chi connectivity index (χ3n) is 8.03. The summed E-state index contributed by atoms with van der Waals surface area (Å²) in [5.41, 5.74) is -2.86. The smallest absolute Gasteiger partial charge is 0.433 e. The molecule has 8 nitrogen and oxygen atoms in total. The number of benzene rings is 1. The number of rotatable bonds is 8. The largest absolute Gasteiger partial charge is 0.481 e. The van der Waals surface area contributed by atoms with Crippen LogP contribution in [0.4, 0.5) is 13.2 Å². The van der Waals surface area contributed by atoms with Gasteiger partial charge >= 0.3 is 12.1 Å². The average molecular weight is 604 g/mol. The molecule has 0 radical (unpaired) electrons. The standard InChI is InChI=1S/C27H30Cl2F3N3O5/c1-14-8-11-40-22(14)19(12-20(36)21-17(28)4-3-5-18(21)29)34-24(37)16-13-33-35(23(16)27(30,31)32)15-6-9-26(2,10-7-15)25(38)39/h3-5,13-15,19,22H,6-12H2,1-2H3,(H,34,37)(H,38,39)/t14-,15?,19?,22-,26?/m1/s1. The lowest BCUT2D eigenvalue weighted by atomic mass is 9.74. The van der Waals surface area contributed by atoms with Crippen LogP contribution in [0.25, 0.3) is 0 Å². The first-order valence-corrected chi connectivity index (χ1v) is 13.8. The maximum Gasteiger partial charge on any atom is 0.433 e. The first kappa shape index (κ1) is 30.3. The van der Waals surface area contributed by atoms with E-state index >= 15 is 0 Å². The minimum absolute atomic E-state index is 0.0604. The summed E-state index contributed by atoms with van der Waals surface area (Å²) in [4.78, 5) is 38.1. The molecule has 218 valence electrons. The Bertz CT molecular complexity index is 1270. The predicted octanol–water partition coefficient (Wildman–Crippen LogP) is 6.21. The third kappa shape index (κ3) is 6.16. The summed E-state index contributed by atoms with van der Waals surface area (Å²) in [5, 5.41) is 16.2. The van der Waals surface area contributed by atoms with E-state index in [1.165, 1.54) is 12.1 Å². The van der Waals surface area contributed by atoms with Gasteiger partial charge in [0, 0.05) is 13.0 Å². The van der Waals surface area contributed by atoms with E-state index in [0.29, 0.717) is 13.0 Å². The quantitative estimate of drug-likeness (QED) is 0.347. The minimum atomic E-state index is -4.91. The summed E-state index contributed by atoms with van der Waals surface area (Å²) in [6.45, 7) is 3.82. The SMILES string of the molecule is C[C@@H]1CCO[C@H]1C(CC(=O)c1c(Cl)cccc1Cl)NC(=O)c1cnn(C2CCC(C)(C(=O)O)CC2)c1C(F)(F)F. The Morgan fingerprint density at radius 3 is 2.35 bits per heavy atom. The number of carbonyl (C=O) groups excluding carboxylic acids is 2. The fourth-order valence-corrected chi connectivity index (χ4v) is 6.19. The molecule has 0 bridgehead atoms. The second-order valence-corrected chi connectivity index (χ2v) is 11.7. The van der Waals surface area contributed by atoms with Gasteiger partial charge in [0.25, 0.3) is 5.91 Å². The number of ketones is 1. The van der Waals surface area contributed by atoms with Gasteiger partial charge in [-0.1, -0.05) is 36.2 Å². The van der Waals surface area contributed by atoms with Gasteiger partial charge in [0.1, 0.15) is 0 Å². The number of carbonyl (C=O) groups is 3. The van der Waals surface area contributed by atoms with E-state index < -0.39 is 58.7 Å². The molecule has 2 aliphatic rings. The lowest BCUT2D eigenvalue weighted by molar-refractivity contribution is -0.152. The zero-order valence-corrected chi connectivity index (χ0v) is 23.4. The predicted molar refractivity (Wildman–Crippen MR) is 141 cm³/mol. The van der Waals surface area contributed by atoms with Crippen LogP contribution in [0.3, 0.4) is 0 Å². The second-order valence-electron chi connectivity index (χ2n) is 10.9. The van der Waals surface area contributed by atoms with E-state index in [0.717, 1.165) is 10.9 Å². The second kappa shape index (κ2) is 11.7. The maximum atomic E-state index is 14.3. The van der Waals surface area contributed by atoms with E-state index in [1.807, 2.05) is 6.92 Å². The number of ether oxygens (including phenoxy) is 1. The molecule has 40 heavy (non-hydrogen) atoms. The van der Waals surface area contributed by atoms with Crippen LogP contribution in [0, 0.1) is 11.3 Å². The normalized spacial score (nSPS) is 25.9. The Labute approximate surface area is 239 Å². The molecule has 4 rings (SSSR count). The number of amides is 1. The number of nitrogens with one attached hydrogen (secondary N) is 1. The Balaban J connectivity index is 1.61. The van der Waals surface area contributed by atoms with Crippen LogP contribution < -0.4 is 5.32 Å². The van der Waals surface area contributed by atoms with Crippen molar-refractivity contribution in [2.45, 2.75) is 76.7 Å². The van der Waals surface area contributed by atoms with Gasteiger partial charge in [-0.15, -0.1) is 0 Å². The van der Waals surface area contributed by atoms with Gasteiger partial charge in [-0.05, 0) is 57.1 Å². The Kier molecular flexibility index (Phi) is 8.87. The summed E-state index contributed by atoms with van der Waals surface area (Å²) in [6.07, 6.45) is -3.62. The van der Waals surface area contributed by atoms with Gasteiger partial charge in [0.05, 0.1) is 51.0 Å². The summed E-state index contributed by atoms with van der Waals surface area (Å²) < 4.78 is 49.5. The van der Waals surface area contributed by atoms with Crippen LogP contribution in [0.5, 0.6) is 0 Å². The summed E-state index contributed by atoms with van der Waals surface area (Å²) in [7, 11) is 0. The number of aliphatic carboxylic acids is 1. The van der Waals surface area contributed by atoms with Crippen molar-refractivity contribution in [1.82, 2.24) is 15.1 Å².